The first kappa shape index (κ1) is 10.5. The molecule has 1 heterocycles. The van der Waals surface area contributed by atoms with E-state index in [0.29, 0.717) is 0 Å². The number of anilines is 1. The van der Waals surface area contributed by atoms with Gasteiger partial charge in [-0.05, 0) is 6.42 Å². The van der Waals surface area contributed by atoms with E-state index in [-0.39, 0.29) is 0 Å². The Morgan fingerprint density at radius 3 is 2.92 bits per heavy atom. The molecule has 0 aliphatic rings. The summed E-state index contributed by atoms with van der Waals surface area (Å²) in [6.07, 6.45) is 1.01. The molecule has 0 radical (unpaired) electrons. The third-order valence-electron chi connectivity index (χ3n) is 1.86. The van der Waals surface area contributed by atoms with E-state index in [1.807, 2.05) is 7.05 Å². The predicted octanol–water partition coefficient (Wildman–Crippen LogP) is 1.79. The molecule has 4 heteroatoms. The maximum absolute atomic E-state index is 5.00. The standard InChI is InChI=1S/C9H16N2OS/c1-4-8-7-13-9(10-8)11(2)5-6-12-3/h7H,4-6H2,1-3H3. The van der Waals surface area contributed by atoms with E-state index < -0.39 is 0 Å². The molecule has 0 aliphatic heterocycles. The SMILES string of the molecule is CCc1csc(N(C)CCOC)n1. The zero-order valence-corrected chi connectivity index (χ0v) is 9.23. The number of hydrogen-bond acceptors (Lipinski definition) is 4. The zero-order valence-electron chi connectivity index (χ0n) is 8.41. The summed E-state index contributed by atoms with van der Waals surface area (Å²) < 4.78 is 5.00. The van der Waals surface area contributed by atoms with Gasteiger partial charge in [-0.1, -0.05) is 6.92 Å². The highest BCUT2D eigenvalue weighted by atomic mass is 32.1. The summed E-state index contributed by atoms with van der Waals surface area (Å²) in [5.74, 6) is 0. The van der Waals surface area contributed by atoms with Gasteiger partial charge >= 0.3 is 0 Å². The first-order chi connectivity index (χ1) is 6.27. The lowest BCUT2D eigenvalue weighted by Gasteiger charge is -2.14. The fourth-order valence-electron chi connectivity index (χ4n) is 0.958. The number of likely N-dealkylation sites (N-methyl/N-ethyl adjacent to an activating group) is 1. The topological polar surface area (TPSA) is 25.4 Å². The third kappa shape index (κ3) is 2.97. The molecule has 0 saturated heterocycles. The van der Waals surface area contributed by atoms with Gasteiger partial charge in [0.25, 0.3) is 0 Å². The van der Waals surface area contributed by atoms with Crippen LogP contribution >= 0.6 is 11.3 Å². The molecule has 0 fully saturated rings. The highest BCUT2D eigenvalue weighted by molar-refractivity contribution is 7.13. The number of aromatic nitrogens is 1. The second-order valence-corrected chi connectivity index (χ2v) is 3.73. The molecule has 0 aromatic carbocycles. The molecule has 0 aliphatic carbocycles. The fraction of sp³-hybridized carbons (Fsp3) is 0.667. The van der Waals surface area contributed by atoms with Gasteiger partial charge in [-0.3, -0.25) is 0 Å². The number of methoxy groups -OCH3 is 1. The second kappa shape index (κ2) is 5.19. The van der Waals surface area contributed by atoms with Gasteiger partial charge in [-0.2, -0.15) is 0 Å². The van der Waals surface area contributed by atoms with Crippen molar-refractivity contribution in [3.63, 3.8) is 0 Å². The molecule has 0 unspecified atom stereocenters. The Bertz CT molecular complexity index is 250. The quantitative estimate of drug-likeness (QED) is 0.724. The minimum Gasteiger partial charge on any atom is -0.383 e. The molecule has 0 spiro atoms. The first-order valence-corrected chi connectivity index (χ1v) is 5.30. The Morgan fingerprint density at radius 2 is 2.38 bits per heavy atom. The molecule has 0 atom stereocenters. The van der Waals surface area contributed by atoms with Crippen molar-refractivity contribution in [1.29, 1.82) is 0 Å². The number of thiazole rings is 1. The van der Waals surface area contributed by atoms with Gasteiger partial charge in [-0.15, -0.1) is 11.3 Å². The number of nitrogens with zero attached hydrogens (tertiary/aromatic N) is 2. The molecule has 13 heavy (non-hydrogen) atoms. The molecule has 1 aromatic rings. The molecule has 1 rings (SSSR count). The minimum atomic E-state index is 0.748. The van der Waals surface area contributed by atoms with E-state index >= 15 is 0 Å². The summed E-state index contributed by atoms with van der Waals surface area (Å²) in [6.45, 7) is 3.76. The Morgan fingerprint density at radius 1 is 1.62 bits per heavy atom. The highest BCUT2D eigenvalue weighted by Gasteiger charge is 2.04. The molecule has 0 saturated carbocycles. The summed E-state index contributed by atoms with van der Waals surface area (Å²) in [5, 5.41) is 3.19. The van der Waals surface area contributed by atoms with Crippen molar-refractivity contribution in [1.82, 2.24) is 4.98 Å². The van der Waals surface area contributed by atoms with Crippen molar-refractivity contribution >= 4 is 16.5 Å². The fourth-order valence-corrected chi connectivity index (χ4v) is 1.86. The molecular formula is C9H16N2OS. The van der Waals surface area contributed by atoms with E-state index in [0.717, 1.165) is 24.7 Å². The molecule has 3 nitrogen and oxygen atoms in total. The smallest absolute Gasteiger partial charge is 0.185 e. The second-order valence-electron chi connectivity index (χ2n) is 2.89. The van der Waals surface area contributed by atoms with Crippen molar-refractivity contribution in [2.45, 2.75) is 13.3 Å². The monoisotopic (exact) mass is 200 g/mol. The minimum absolute atomic E-state index is 0.748. The van der Waals surface area contributed by atoms with Crippen LogP contribution in [0.25, 0.3) is 0 Å². The van der Waals surface area contributed by atoms with E-state index in [2.05, 4.69) is 22.2 Å². The van der Waals surface area contributed by atoms with Gasteiger partial charge in [0.15, 0.2) is 5.13 Å². The molecule has 0 amide bonds. The van der Waals surface area contributed by atoms with E-state index in [1.165, 1.54) is 5.69 Å². The van der Waals surface area contributed by atoms with Gasteiger partial charge in [0.2, 0.25) is 0 Å². The number of ether oxygens (including phenoxy) is 1. The van der Waals surface area contributed by atoms with Crippen LogP contribution in [-0.4, -0.2) is 32.3 Å². The Hall–Kier alpha value is -0.610. The lowest BCUT2D eigenvalue weighted by Crippen LogP contribution is -2.21. The van der Waals surface area contributed by atoms with Crippen molar-refractivity contribution in [3.8, 4) is 0 Å². The normalized spacial score (nSPS) is 10.4. The Balaban J connectivity index is 2.50. The van der Waals surface area contributed by atoms with Gasteiger partial charge in [0.05, 0.1) is 12.3 Å². The first-order valence-electron chi connectivity index (χ1n) is 4.42. The van der Waals surface area contributed by atoms with Crippen LogP contribution in [0.4, 0.5) is 5.13 Å². The van der Waals surface area contributed by atoms with Crippen molar-refractivity contribution in [2.24, 2.45) is 0 Å². The van der Waals surface area contributed by atoms with Crippen LogP contribution in [0, 0.1) is 0 Å². The van der Waals surface area contributed by atoms with Gasteiger partial charge in [-0.25, -0.2) is 4.98 Å². The van der Waals surface area contributed by atoms with Crippen LogP contribution in [0.1, 0.15) is 12.6 Å². The maximum atomic E-state index is 5.00. The average Bonchev–Trinajstić information content (AvgIpc) is 2.62. The molecular weight excluding hydrogens is 184 g/mol. The summed E-state index contributed by atoms with van der Waals surface area (Å²) in [6, 6.07) is 0. The molecule has 74 valence electrons. The van der Waals surface area contributed by atoms with E-state index in [1.54, 1.807) is 18.4 Å². The summed E-state index contributed by atoms with van der Waals surface area (Å²) in [4.78, 5) is 6.59. The van der Waals surface area contributed by atoms with Gasteiger partial charge in [0, 0.05) is 26.1 Å². The van der Waals surface area contributed by atoms with E-state index in [9.17, 15) is 0 Å². The lowest BCUT2D eigenvalue weighted by molar-refractivity contribution is 0.206. The van der Waals surface area contributed by atoms with Crippen LogP contribution in [-0.2, 0) is 11.2 Å². The van der Waals surface area contributed by atoms with Crippen molar-refractivity contribution in [3.05, 3.63) is 11.1 Å². The van der Waals surface area contributed by atoms with Crippen LogP contribution in [0.2, 0.25) is 0 Å². The Labute approximate surface area is 83.4 Å². The van der Waals surface area contributed by atoms with E-state index in [4.69, 9.17) is 4.74 Å². The highest BCUT2D eigenvalue weighted by Crippen LogP contribution is 2.18. The number of hydrogen-bond donors (Lipinski definition) is 0. The van der Waals surface area contributed by atoms with Crippen LogP contribution in [0.15, 0.2) is 5.38 Å². The number of aryl methyl sites for hydroxylation is 1. The zero-order chi connectivity index (χ0) is 9.68. The predicted molar refractivity (Wildman–Crippen MR) is 56.6 cm³/mol. The van der Waals surface area contributed by atoms with Gasteiger partial charge < -0.3 is 9.64 Å². The number of rotatable bonds is 5. The van der Waals surface area contributed by atoms with Crippen LogP contribution in [0.5, 0.6) is 0 Å². The maximum Gasteiger partial charge on any atom is 0.185 e. The summed E-state index contributed by atoms with van der Waals surface area (Å²) in [5.41, 5.74) is 1.17. The molecule has 0 N–H and O–H groups in total. The Kier molecular flexibility index (Phi) is 4.18. The lowest BCUT2D eigenvalue weighted by atomic mass is 10.4. The average molecular weight is 200 g/mol. The van der Waals surface area contributed by atoms with Crippen LogP contribution < -0.4 is 4.90 Å². The van der Waals surface area contributed by atoms with Crippen molar-refractivity contribution in [2.75, 3.05) is 32.2 Å². The summed E-state index contributed by atoms with van der Waals surface area (Å²) >= 11 is 1.69. The van der Waals surface area contributed by atoms with Crippen LogP contribution in [0.3, 0.4) is 0 Å². The molecule has 1 aromatic heterocycles. The largest absolute Gasteiger partial charge is 0.383 e. The summed E-state index contributed by atoms with van der Waals surface area (Å²) in [7, 11) is 3.75. The van der Waals surface area contributed by atoms with Gasteiger partial charge in [0.1, 0.15) is 0 Å². The molecule has 0 bridgehead atoms. The van der Waals surface area contributed by atoms with Crippen molar-refractivity contribution < 1.29 is 4.74 Å². The third-order valence-corrected chi connectivity index (χ3v) is 2.86.